The van der Waals surface area contributed by atoms with Crippen molar-refractivity contribution in [3.63, 3.8) is 0 Å². The van der Waals surface area contributed by atoms with Gasteiger partial charge in [-0.2, -0.15) is 5.10 Å². The Labute approximate surface area is 191 Å². The Morgan fingerprint density at radius 3 is 2.94 bits per heavy atom. The lowest BCUT2D eigenvalue weighted by Crippen LogP contribution is -2.18. The maximum absolute atomic E-state index is 13.3. The van der Waals surface area contributed by atoms with Crippen LogP contribution in [0.25, 0.3) is 22.3 Å². The van der Waals surface area contributed by atoms with Gasteiger partial charge in [-0.3, -0.25) is 15.1 Å². The molecule has 0 aliphatic carbocycles. The fourth-order valence-electron chi connectivity index (χ4n) is 4.27. The summed E-state index contributed by atoms with van der Waals surface area (Å²) in [5, 5.41) is 7.38. The van der Waals surface area contributed by atoms with E-state index in [1.165, 1.54) is 0 Å². The molecule has 0 fully saturated rings. The molecule has 1 aliphatic heterocycles. The largest absolute Gasteiger partial charge is 0.477 e. The third kappa shape index (κ3) is 4.00. The van der Waals surface area contributed by atoms with Crippen molar-refractivity contribution in [2.75, 3.05) is 11.9 Å². The normalized spacial score (nSPS) is 16.7. The summed E-state index contributed by atoms with van der Waals surface area (Å²) in [6.45, 7) is 7.12. The second-order valence-electron chi connectivity index (χ2n) is 8.34. The second-order valence-corrected chi connectivity index (χ2v) is 8.34. The van der Waals surface area contributed by atoms with E-state index in [1.807, 2.05) is 44.3 Å². The Morgan fingerprint density at radius 1 is 1.24 bits per heavy atom. The Bertz CT molecular complexity index is 1350. The van der Waals surface area contributed by atoms with Crippen LogP contribution in [0.5, 0.6) is 5.88 Å². The molecule has 4 heterocycles. The highest BCUT2D eigenvalue weighted by molar-refractivity contribution is 6.04. The number of para-hydroxylation sites is 2. The van der Waals surface area contributed by atoms with Crippen LogP contribution in [0.1, 0.15) is 28.9 Å². The lowest BCUT2D eigenvalue weighted by molar-refractivity contribution is 0.102. The van der Waals surface area contributed by atoms with E-state index in [1.54, 1.807) is 23.0 Å². The minimum absolute atomic E-state index is 0.197. The zero-order valence-electron chi connectivity index (χ0n) is 18.8. The minimum Gasteiger partial charge on any atom is -0.477 e. The summed E-state index contributed by atoms with van der Waals surface area (Å²) < 4.78 is 9.88. The summed E-state index contributed by atoms with van der Waals surface area (Å²) in [4.78, 5) is 22.7. The first-order chi connectivity index (χ1) is 16.0. The van der Waals surface area contributed by atoms with Gasteiger partial charge in [0.1, 0.15) is 0 Å². The Hall–Kier alpha value is -3.94. The smallest absolute Gasteiger partial charge is 0.258 e. The van der Waals surface area contributed by atoms with Crippen LogP contribution in [0.4, 0.5) is 5.95 Å². The molecule has 0 spiro atoms. The third-order valence-corrected chi connectivity index (χ3v) is 5.96. The molecule has 4 aromatic rings. The molecule has 8 nitrogen and oxygen atoms in total. The summed E-state index contributed by atoms with van der Waals surface area (Å²) in [6.07, 6.45) is 5.43. The lowest BCUT2D eigenvalue weighted by atomic mass is 10.0. The topological polar surface area (TPSA) is 86.9 Å². The van der Waals surface area contributed by atoms with Crippen LogP contribution in [-0.4, -0.2) is 36.8 Å². The predicted molar refractivity (Wildman–Crippen MR) is 127 cm³/mol. The number of anilines is 1. The average Bonchev–Trinajstić information content (AvgIpc) is 3.34. The third-order valence-electron chi connectivity index (χ3n) is 5.96. The Kier molecular flexibility index (Phi) is 5.42. The summed E-state index contributed by atoms with van der Waals surface area (Å²) in [6, 6.07) is 11.4. The van der Waals surface area contributed by atoms with E-state index < -0.39 is 0 Å². The van der Waals surface area contributed by atoms with Crippen molar-refractivity contribution in [3.8, 4) is 17.1 Å². The molecule has 0 saturated carbocycles. The maximum atomic E-state index is 13.3. The molecule has 1 aliphatic rings. The number of imidazole rings is 1. The summed E-state index contributed by atoms with van der Waals surface area (Å²) in [7, 11) is 1.84. The fourth-order valence-corrected chi connectivity index (χ4v) is 4.27. The van der Waals surface area contributed by atoms with E-state index in [0.29, 0.717) is 36.2 Å². The number of nitrogens with one attached hydrogen (secondary N) is 1. The fraction of sp³-hybridized carbons (Fsp3) is 0.280. The number of pyridine rings is 1. The van der Waals surface area contributed by atoms with Gasteiger partial charge in [-0.05, 0) is 49.9 Å². The number of allylic oxidation sites excluding steroid dienone is 1. The van der Waals surface area contributed by atoms with E-state index >= 15 is 0 Å². The first kappa shape index (κ1) is 20.9. The van der Waals surface area contributed by atoms with Crippen molar-refractivity contribution in [2.24, 2.45) is 13.0 Å². The number of aryl methyl sites for hydroxylation is 2. The molecule has 5 rings (SSSR count). The highest BCUT2D eigenvalue weighted by Crippen LogP contribution is 2.30. The Balaban J connectivity index is 1.63. The first-order valence-corrected chi connectivity index (χ1v) is 11.1. The van der Waals surface area contributed by atoms with Gasteiger partial charge < -0.3 is 9.30 Å². The van der Waals surface area contributed by atoms with Gasteiger partial charge in [-0.25, -0.2) is 9.67 Å². The van der Waals surface area contributed by atoms with Gasteiger partial charge in [-0.15, -0.1) is 6.58 Å². The van der Waals surface area contributed by atoms with Crippen LogP contribution in [0, 0.1) is 12.8 Å². The van der Waals surface area contributed by atoms with Crippen LogP contribution in [0.3, 0.4) is 0 Å². The zero-order valence-corrected chi connectivity index (χ0v) is 18.8. The molecule has 1 atom stereocenters. The van der Waals surface area contributed by atoms with Crippen LogP contribution < -0.4 is 10.1 Å². The van der Waals surface area contributed by atoms with E-state index in [9.17, 15) is 4.79 Å². The number of carbonyl (C=O) groups is 1. The second kappa shape index (κ2) is 8.54. The highest BCUT2D eigenvalue weighted by Gasteiger charge is 2.20. The Morgan fingerprint density at radius 2 is 2.09 bits per heavy atom. The van der Waals surface area contributed by atoms with E-state index in [2.05, 4.69) is 26.5 Å². The van der Waals surface area contributed by atoms with Crippen molar-refractivity contribution >= 4 is 22.9 Å². The van der Waals surface area contributed by atoms with Crippen molar-refractivity contribution in [1.29, 1.82) is 0 Å². The van der Waals surface area contributed by atoms with Gasteiger partial charge in [0.2, 0.25) is 11.8 Å². The molecule has 2 bridgehead atoms. The van der Waals surface area contributed by atoms with E-state index in [0.717, 1.165) is 35.1 Å². The summed E-state index contributed by atoms with van der Waals surface area (Å²) in [5.41, 5.74) is 4.46. The number of amides is 1. The maximum Gasteiger partial charge on any atom is 0.258 e. The number of fused-ring (bicyclic) bond motifs is 7. The van der Waals surface area contributed by atoms with Crippen LogP contribution >= 0.6 is 0 Å². The van der Waals surface area contributed by atoms with E-state index in [-0.39, 0.29) is 11.8 Å². The zero-order chi connectivity index (χ0) is 22.9. The van der Waals surface area contributed by atoms with Crippen LogP contribution in [-0.2, 0) is 13.6 Å². The van der Waals surface area contributed by atoms with Gasteiger partial charge in [-0.1, -0.05) is 18.2 Å². The quantitative estimate of drug-likeness (QED) is 0.443. The summed E-state index contributed by atoms with van der Waals surface area (Å²) in [5.74, 6) is 1.12. The van der Waals surface area contributed by atoms with Crippen LogP contribution in [0.2, 0.25) is 0 Å². The number of hydrogen-bond donors (Lipinski definition) is 1. The van der Waals surface area contributed by atoms with Gasteiger partial charge in [0.25, 0.3) is 5.91 Å². The molecule has 0 saturated heterocycles. The minimum atomic E-state index is -0.241. The van der Waals surface area contributed by atoms with E-state index in [4.69, 9.17) is 9.72 Å². The molecular weight excluding hydrogens is 416 g/mol. The molecule has 0 radical (unpaired) electrons. The first-order valence-electron chi connectivity index (χ1n) is 11.1. The number of nitrogens with zero attached hydrogens (tertiary/aromatic N) is 5. The average molecular weight is 443 g/mol. The van der Waals surface area contributed by atoms with Gasteiger partial charge in [0, 0.05) is 24.8 Å². The highest BCUT2D eigenvalue weighted by atomic mass is 16.5. The number of rotatable bonds is 1. The van der Waals surface area contributed by atoms with Gasteiger partial charge >= 0.3 is 0 Å². The molecule has 3 aromatic heterocycles. The van der Waals surface area contributed by atoms with Crippen molar-refractivity contribution in [3.05, 3.63) is 66.5 Å². The monoisotopic (exact) mass is 442 g/mol. The molecular formula is C25H26N6O2. The standard InChI is InChI=1S/C25H26N6O2/c1-4-17-8-7-11-33-24-19(14-26-30(24)3)21-13-18(12-16(2)27-21)23(32)29-25-28-20-9-5-6-10-22(20)31(25)15-17/h4-6,9-10,12-14,17H,1,7-8,11,15H2,2-3H3,(H,28,29,32). The number of hydrogen-bond acceptors (Lipinski definition) is 5. The number of carbonyl (C=O) groups excluding carboxylic acids is 1. The van der Waals surface area contributed by atoms with Gasteiger partial charge in [0.15, 0.2) is 0 Å². The molecule has 1 amide bonds. The number of benzene rings is 1. The molecule has 1 N–H and O–H groups in total. The molecule has 1 unspecified atom stereocenters. The van der Waals surface area contributed by atoms with Crippen molar-refractivity contribution in [1.82, 2.24) is 24.3 Å². The molecule has 33 heavy (non-hydrogen) atoms. The van der Waals surface area contributed by atoms with Crippen LogP contribution in [0.15, 0.2) is 55.3 Å². The molecule has 8 heteroatoms. The summed E-state index contributed by atoms with van der Waals surface area (Å²) >= 11 is 0. The molecule has 1 aromatic carbocycles. The lowest BCUT2D eigenvalue weighted by Gasteiger charge is -2.16. The number of aromatic nitrogens is 5. The van der Waals surface area contributed by atoms with Crippen molar-refractivity contribution in [2.45, 2.75) is 26.3 Å². The SMILES string of the molecule is C=CC1CCCOc2c(cnn2C)-c2cc(cc(C)n2)C(=O)Nc2nc3ccccc3n2C1. The number of ether oxygens (including phenoxy) is 1. The predicted octanol–water partition coefficient (Wildman–Crippen LogP) is 4.37. The molecule has 168 valence electrons. The van der Waals surface area contributed by atoms with Crippen molar-refractivity contribution < 1.29 is 9.53 Å². The van der Waals surface area contributed by atoms with Gasteiger partial charge in [0.05, 0.1) is 35.1 Å².